The molecule has 0 radical (unpaired) electrons. The van der Waals surface area contributed by atoms with Crippen LogP contribution in [0.15, 0.2) is 12.1 Å². The second-order valence-corrected chi connectivity index (χ2v) is 8.08. The molecule has 2 fully saturated rings. The molecule has 0 spiro atoms. The molecule has 0 aromatic heterocycles. The Balaban J connectivity index is 1.92. The van der Waals surface area contributed by atoms with Gasteiger partial charge in [-0.05, 0) is 81.2 Å². The van der Waals surface area contributed by atoms with Gasteiger partial charge in [-0.25, -0.2) is 4.79 Å². The number of cyclic esters (lactones) is 1. The molecule has 0 aliphatic carbocycles. The van der Waals surface area contributed by atoms with Crippen molar-refractivity contribution in [3.05, 3.63) is 28.8 Å². The summed E-state index contributed by atoms with van der Waals surface area (Å²) in [7, 11) is 0. The molecule has 1 N–H and O–H groups in total. The second kappa shape index (κ2) is 6.99. The maximum absolute atomic E-state index is 12.2. The number of benzene rings is 1. The molecular formula is C21H32N2O2. The maximum atomic E-state index is 12.2. The zero-order valence-electron chi connectivity index (χ0n) is 16.4. The first-order valence-corrected chi connectivity index (χ1v) is 9.67. The van der Waals surface area contributed by atoms with E-state index in [1.165, 1.54) is 16.7 Å². The van der Waals surface area contributed by atoms with Gasteiger partial charge in [0.25, 0.3) is 0 Å². The van der Waals surface area contributed by atoms with Crippen LogP contribution in [-0.2, 0) is 4.74 Å². The molecule has 5 atom stereocenters. The van der Waals surface area contributed by atoms with Crippen molar-refractivity contribution in [1.29, 1.82) is 0 Å². The van der Waals surface area contributed by atoms with Crippen molar-refractivity contribution in [3.8, 4) is 0 Å². The van der Waals surface area contributed by atoms with E-state index in [2.05, 4.69) is 59.0 Å². The van der Waals surface area contributed by atoms with E-state index in [1.807, 2.05) is 0 Å². The van der Waals surface area contributed by atoms with Gasteiger partial charge < -0.3 is 10.1 Å². The summed E-state index contributed by atoms with van der Waals surface area (Å²) in [5, 5.41) is 3.67. The van der Waals surface area contributed by atoms with Gasteiger partial charge >= 0.3 is 6.09 Å². The van der Waals surface area contributed by atoms with Gasteiger partial charge in [0.2, 0.25) is 0 Å². The highest BCUT2D eigenvalue weighted by molar-refractivity contribution is 5.90. The molecule has 0 bridgehead atoms. The number of nitrogens with zero attached hydrogens (tertiary/aromatic N) is 1. The van der Waals surface area contributed by atoms with Crippen LogP contribution in [0.25, 0.3) is 0 Å². The fraction of sp³-hybridized carbons (Fsp3) is 0.667. The number of carbonyl (C=O) groups is 1. The van der Waals surface area contributed by atoms with Crippen LogP contribution in [0.3, 0.4) is 0 Å². The molecule has 25 heavy (non-hydrogen) atoms. The first kappa shape index (κ1) is 18.2. The lowest BCUT2D eigenvalue weighted by Gasteiger charge is -2.40. The topological polar surface area (TPSA) is 41.6 Å². The van der Waals surface area contributed by atoms with Gasteiger partial charge in [-0.1, -0.05) is 13.8 Å². The van der Waals surface area contributed by atoms with Gasteiger partial charge in [-0.3, -0.25) is 4.90 Å². The number of piperidine rings is 1. The van der Waals surface area contributed by atoms with Crippen LogP contribution in [0.1, 0.15) is 63.1 Å². The largest absolute Gasteiger partial charge is 0.444 e. The van der Waals surface area contributed by atoms with E-state index >= 15 is 0 Å². The number of ether oxygens (including phenoxy) is 1. The number of rotatable bonds is 3. The fourth-order valence-electron chi connectivity index (χ4n) is 4.63. The highest BCUT2D eigenvalue weighted by atomic mass is 16.6. The predicted octanol–water partition coefficient (Wildman–Crippen LogP) is 4.53. The molecule has 2 saturated heterocycles. The Morgan fingerprint density at radius 3 is 2.40 bits per heavy atom. The lowest BCUT2D eigenvalue weighted by Crippen LogP contribution is -2.47. The highest BCUT2D eigenvalue weighted by Gasteiger charge is 2.35. The van der Waals surface area contributed by atoms with Crippen molar-refractivity contribution in [2.24, 2.45) is 5.92 Å². The summed E-state index contributed by atoms with van der Waals surface area (Å²) in [6.07, 6.45) is 1.83. The average molecular weight is 344 g/mol. The van der Waals surface area contributed by atoms with Crippen molar-refractivity contribution in [1.82, 2.24) is 5.32 Å². The van der Waals surface area contributed by atoms with E-state index in [0.29, 0.717) is 30.5 Å². The first-order chi connectivity index (χ1) is 11.8. The Morgan fingerprint density at radius 1 is 1.20 bits per heavy atom. The van der Waals surface area contributed by atoms with Gasteiger partial charge in [0.1, 0.15) is 6.10 Å². The summed E-state index contributed by atoms with van der Waals surface area (Å²) in [6.45, 7) is 14.0. The molecule has 2 heterocycles. The lowest BCUT2D eigenvalue weighted by molar-refractivity contribution is 0.139. The summed E-state index contributed by atoms with van der Waals surface area (Å²) >= 11 is 0. The van der Waals surface area contributed by atoms with Crippen molar-refractivity contribution in [2.45, 2.75) is 78.5 Å². The zero-order chi connectivity index (χ0) is 18.3. The van der Waals surface area contributed by atoms with Gasteiger partial charge in [0, 0.05) is 17.8 Å². The summed E-state index contributed by atoms with van der Waals surface area (Å²) in [5.74, 6) is 1.16. The minimum atomic E-state index is -0.212. The maximum Gasteiger partial charge on any atom is 0.414 e. The Bertz CT molecular complexity index is 634. The third-order valence-corrected chi connectivity index (χ3v) is 6.17. The van der Waals surface area contributed by atoms with Crippen LogP contribution >= 0.6 is 0 Å². The summed E-state index contributed by atoms with van der Waals surface area (Å²) in [6, 6.07) is 5.40. The molecule has 3 rings (SSSR count). The van der Waals surface area contributed by atoms with Crippen LogP contribution < -0.4 is 10.2 Å². The standard InChI is InChI=1S/C21H32N2O2/c1-7-18-11-23(21(24)25-18)17-8-12(2)20(13(3)9-17)19-10-14(4)22-16(6)15(19)5/h8-9,14-16,18-19,22H,7,10-11H2,1-6H3. The van der Waals surface area contributed by atoms with Crippen molar-refractivity contribution >= 4 is 11.8 Å². The van der Waals surface area contributed by atoms with E-state index in [4.69, 9.17) is 4.74 Å². The zero-order valence-corrected chi connectivity index (χ0v) is 16.4. The molecular weight excluding hydrogens is 312 g/mol. The third kappa shape index (κ3) is 3.41. The Labute approximate surface area is 151 Å². The summed E-state index contributed by atoms with van der Waals surface area (Å²) < 4.78 is 5.43. The number of nitrogens with one attached hydrogen (secondary N) is 1. The van der Waals surface area contributed by atoms with E-state index in [-0.39, 0.29) is 12.2 Å². The second-order valence-electron chi connectivity index (χ2n) is 8.08. The van der Waals surface area contributed by atoms with E-state index in [0.717, 1.165) is 18.5 Å². The minimum Gasteiger partial charge on any atom is -0.444 e. The van der Waals surface area contributed by atoms with Gasteiger partial charge in [0.15, 0.2) is 0 Å². The Kier molecular flexibility index (Phi) is 5.10. The van der Waals surface area contributed by atoms with Gasteiger partial charge in [0.05, 0.1) is 6.54 Å². The molecule has 4 heteroatoms. The first-order valence-electron chi connectivity index (χ1n) is 9.67. The number of anilines is 1. The SMILES string of the molecule is CCC1CN(c2cc(C)c(C3CC(C)NC(C)C3C)c(C)c2)C(=O)O1. The molecule has 1 amide bonds. The third-order valence-electron chi connectivity index (χ3n) is 6.17. The van der Waals surface area contributed by atoms with E-state index in [9.17, 15) is 4.79 Å². The van der Waals surface area contributed by atoms with Gasteiger partial charge in [-0.2, -0.15) is 0 Å². The van der Waals surface area contributed by atoms with E-state index < -0.39 is 0 Å². The van der Waals surface area contributed by atoms with Crippen LogP contribution in [-0.4, -0.2) is 30.8 Å². The number of carbonyl (C=O) groups excluding carboxylic acids is 1. The molecule has 4 nitrogen and oxygen atoms in total. The summed E-state index contributed by atoms with van der Waals surface area (Å²) in [4.78, 5) is 14.0. The molecule has 2 aliphatic rings. The normalized spacial score (nSPS) is 32.8. The van der Waals surface area contributed by atoms with Crippen LogP contribution in [0.4, 0.5) is 10.5 Å². The quantitative estimate of drug-likeness (QED) is 0.876. The Hall–Kier alpha value is -1.55. The molecule has 2 aliphatic heterocycles. The monoisotopic (exact) mass is 344 g/mol. The Morgan fingerprint density at radius 2 is 1.84 bits per heavy atom. The van der Waals surface area contributed by atoms with Crippen molar-refractivity contribution in [2.75, 3.05) is 11.4 Å². The van der Waals surface area contributed by atoms with Crippen LogP contribution in [0, 0.1) is 19.8 Å². The predicted molar refractivity (Wildman–Crippen MR) is 102 cm³/mol. The summed E-state index contributed by atoms with van der Waals surface area (Å²) in [5.41, 5.74) is 5.03. The smallest absolute Gasteiger partial charge is 0.414 e. The fourth-order valence-corrected chi connectivity index (χ4v) is 4.63. The average Bonchev–Trinajstić information content (AvgIpc) is 2.92. The van der Waals surface area contributed by atoms with Gasteiger partial charge in [-0.15, -0.1) is 0 Å². The molecule has 0 saturated carbocycles. The number of hydrogen-bond donors (Lipinski definition) is 1. The van der Waals surface area contributed by atoms with Crippen LogP contribution in [0.5, 0.6) is 0 Å². The molecule has 5 unspecified atom stereocenters. The molecule has 1 aromatic carbocycles. The lowest BCUT2D eigenvalue weighted by atomic mass is 9.73. The number of aryl methyl sites for hydroxylation is 2. The number of amides is 1. The van der Waals surface area contributed by atoms with Crippen molar-refractivity contribution in [3.63, 3.8) is 0 Å². The van der Waals surface area contributed by atoms with Crippen molar-refractivity contribution < 1.29 is 9.53 Å². The van der Waals surface area contributed by atoms with E-state index in [1.54, 1.807) is 4.90 Å². The molecule has 138 valence electrons. The molecule has 1 aromatic rings. The number of hydrogen-bond acceptors (Lipinski definition) is 3. The highest BCUT2D eigenvalue weighted by Crippen LogP contribution is 2.40. The minimum absolute atomic E-state index is 0.0129. The van der Waals surface area contributed by atoms with Crippen LogP contribution in [0.2, 0.25) is 0 Å².